The van der Waals surface area contributed by atoms with Crippen molar-refractivity contribution < 1.29 is 0 Å². The Labute approximate surface area is 94.7 Å². The van der Waals surface area contributed by atoms with Crippen LogP contribution in [0.3, 0.4) is 0 Å². The van der Waals surface area contributed by atoms with Gasteiger partial charge in [-0.25, -0.2) is 4.98 Å². The third kappa shape index (κ3) is 3.80. The highest BCUT2D eigenvalue weighted by Gasteiger charge is 2.05. The van der Waals surface area contributed by atoms with Crippen LogP contribution in [0.4, 0.5) is 5.69 Å². The summed E-state index contributed by atoms with van der Waals surface area (Å²) in [6, 6.07) is 3.78. The number of nitrogens with zero attached hydrogens (tertiary/aromatic N) is 2. The Balaban J connectivity index is 2.65. The van der Waals surface area contributed by atoms with Gasteiger partial charge < -0.3 is 5.73 Å². The number of nitrogens with two attached hydrogens (primary N) is 1. The molecule has 0 atom stereocenters. The molecule has 1 aromatic rings. The van der Waals surface area contributed by atoms with Crippen molar-refractivity contribution >= 4 is 17.4 Å². The molecule has 0 amide bonds. The summed E-state index contributed by atoms with van der Waals surface area (Å²) in [5.41, 5.74) is 6.67. The van der Waals surface area contributed by atoms with Gasteiger partial charge in [-0.1, -0.05) is 13.8 Å². The highest BCUT2D eigenvalue weighted by Crippen LogP contribution is 2.23. The molecule has 0 aliphatic rings. The standard InChI is InChI=1S/C11H15N3S/c1-8(2)3-4-15-11-9(6-12)5-10(13)7-14-11/h5,7-8H,3-4,13H2,1-2H3. The average molecular weight is 221 g/mol. The van der Waals surface area contributed by atoms with Crippen LogP contribution < -0.4 is 5.73 Å². The summed E-state index contributed by atoms with van der Waals surface area (Å²) >= 11 is 1.62. The second kappa shape index (κ2) is 5.62. The summed E-state index contributed by atoms with van der Waals surface area (Å²) in [4.78, 5) is 4.16. The van der Waals surface area contributed by atoms with E-state index in [1.54, 1.807) is 24.0 Å². The minimum absolute atomic E-state index is 0.541. The van der Waals surface area contributed by atoms with Crippen LogP contribution in [0.15, 0.2) is 17.3 Å². The number of anilines is 1. The van der Waals surface area contributed by atoms with Gasteiger partial charge in [-0.15, -0.1) is 11.8 Å². The van der Waals surface area contributed by atoms with E-state index in [0.29, 0.717) is 17.2 Å². The van der Waals surface area contributed by atoms with Crippen molar-refractivity contribution in [3.8, 4) is 6.07 Å². The van der Waals surface area contributed by atoms with E-state index in [0.717, 1.165) is 17.2 Å². The maximum absolute atomic E-state index is 8.89. The van der Waals surface area contributed by atoms with Crippen LogP contribution in [0.25, 0.3) is 0 Å². The Hall–Kier alpha value is -1.21. The topological polar surface area (TPSA) is 62.7 Å². The van der Waals surface area contributed by atoms with Crippen LogP contribution in [-0.4, -0.2) is 10.7 Å². The maximum atomic E-state index is 8.89. The minimum Gasteiger partial charge on any atom is -0.397 e. The van der Waals surface area contributed by atoms with Gasteiger partial charge in [-0.05, 0) is 24.2 Å². The molecule has 0 spiro atoms. The Morgan fingerprint density at radius 1 is 1.60 bits per heavy atom. The number of rotatable bonds is 4. The Kier molecular flexibility index (Phi) is 4.44. The molecule has 0 saturated carbocycles. The van der Waals surface area contributed by atoms with E-state index in [-0.39, 0.29) is 0 Å². The van der Waals surface area contributed by atoms with Crippen molar-refractivity contribution in [2.75, 3.05) is 11.5 Å². The Morgan fingerprint density at radius 3 is 2.93 bits per heavy atom. The first kappa shape index (κ1) is 11.9. The molecule has 15 heavy (non-hydrogen) atoms. The van der Waals surface area contributed by atoms with Crippen LogP contribution in [0.1, 0.15) is 25.8 Å². The van der Waals surface area contributed by atoms with Gasteiger partial charge in [-0.3, -0.25) is 0 Å². The van der Waals surface area contributed by atoms with Gasteiger partial charge in [-0.2, -0.15) is 5.26 Å². The van der Waals surface area contributed by atoms with Gasteiger partial charge in [0.1, 0.15) is 11.1 Å². The second-order valence-electron chi connectivity index (χ2n) is 3.76. The van der Waals surface area contributed by atoms with Crippen molar-refractivity contribution in [1.82, 2.24) is 4.98 Å². The third-order valence-electron chi connectivity index (χ3n) is 1.93. The minimum atomic E-state index is 0.541. The predicted molar refractivity (Wildman–Crippen MR) is 63.5 cm³/mol. The van der Waals surface area contributed by atoms with Crippen molar-refractivity contribution in [2.45, 2.75) is 25.3 Å². The van der Waals surface area contributed by atoms with E-state index < -0.39 is 0 Å². The monoisotopic (exact) mass is 221 g/mol. The SMILES string of the molecule is CC(C)CCSc1ncc(N)cc1C#N. The smallest absolute Gasteiger partial charge is 0.114 e. The highest BCUT2D eigenvalue weighted by atomic mass is 32.2. The number of hydrogen-bond acceptors (Lipinski definition) is 4. The van der Waals surface area contributed by atoms with Crippen molar-refractivity contribution in [2.24, 2.45) is 5.92 Å². The normalized spacial score (nSPS) is 10.3. The molecule has 0 aliphatic heterocycles. The molecule has 0 saturated heterocycles. The molecule has 0 aromatic carbocycles. The number of aromatic nitrogens is 1. The van der Waals surface area contributed by atoms with E-state index >= 15 is 0 Å². The summed E-state index contributed by atoms with van der Waals surface area (Å²) < 4.78 is 0. The molecule has 0 radical (unpaired) electrons. The number of pyridine rings is 1. The lowest BCUT2D eigenvalue weighted by molar-refractivity contribution is 0.632. The van der Waals surface area contributed by atoms with E-state index in [2.05, 4.69) is 24.9 Å². The zero-order valence-corrected chi connectivity index (χ0v) is 9.84. The first-order chi connectivity index (χ1) is 7.13. The lowest BCUT2D eigenvalue weighted by Gasteiger charge is -2.05. The zero-order chi connectivity index (χ0) is 11.3. The van der Waals surface area contributed by atoms with Gasteiger partial charge in [0, 0.05) is 0 Å². The van der Waals surface area contributed by atoms with Crippen LogP contribution in [0.5, 0.6) is 0 Å². The molecule has 1 aromatic heterocycles. The fourth-order valence-electron chi connectivity index (χ4n) is 1.05. The molecular formula is C11H15N3S. The van der Waals surface area contributed by atoms with E-state index in [1.807, 2.05) is 0 Å². The van der Waals surface area contributed by atoms with E-state index in [9.17, 15) is 0 Å². The number of nitrogen functional groups attached to an aromatic ring is 1. The first-order valence-electron chi connectivity index (χ1n) is 4.92. The molecular weight excluding hydrogens is 206 g/mol. The quantitative estimate of drug-likeness (QED) is 0.794. The summed E-state index contributed by atoms with van der Waals surface area (Å²) in [7, 11) is 0. The fourth-order valence-corrected chi connectivity index (χ4v) is 2.22. The first-order valence-corrected chi connectivity index (χ1v) is 5.90. The second-order valence-corrected chi connectivity index (χ2v) is 4.85. The predicted octanol–water partition coefficient (Wildman–Crippen LogP) is 2.67. The zero-order valence-electron chi connectivity index (χ0n) is 9.03. The summed E-state index contributed by atoms with van der Waals surface area (Å²) in [6.07, 6.45) is 2.72. The summed E-state index contributed by atoms with van der Waals surface area (Å²) in [5.74, 6) is 1.67. The molecule has 80 valence electrons. The average Bonchev–Trinajstić information content (AvgIpc) is 2.19. The third-order valence-corrected chi connectivity index (χ3v) is 2.97. The number of hydrogen-bond donors (Lipinski definition) is 1. The largest absolute Gasteiger partial charge is 0.397 e. The van der Waals surface area contributed by atoms with Crippen LogP contribution in [0, 0.1) is 17.2 Å². The van der Waals surface area contributed by atoms with Gasteiger partial charge in [0.2, 0.25) is 0 Å². The van der Waals surface area contributed by atoms with Crippen molar-refractivity contribution in [3.05, 3.63) is 17.8 Å². The lowest BCUT2D eigenvalue weighted by atomic mass is 10.2. The molecule has 0 aliphatic carbocycles. The maximum Gasteiger partial charge on any atom is 0.114 e. The molecule has 0 bridgehead atoms. The van der Waals surface area contributed by atoms with Gasteiger partial charge in [0.05, 0.1) is 17.4 Å². The highest BCUT2D eigenvalue weighted by molar-refractivity contribution is 7.99. The van der Waals surface area contributed by atoms with Gasteiger partial charge in [0.25, 0.3) is 0 Å². The molecule has 0 unspecified atom stereocenters. The Bertz CT molecular complexity index is 369. The lowest BCUT2D eigenvalue weighted by Crippen LogP contribution is -1.94. The molecule has 4 heteroatoms. The summed E-state index contributed by atoms with van der Waals surface area (Å²) in [5, 5.41) is 9.68. The van der Waals surface area contributed by atoms with Crippen molar-refractivity contribution in [3.63, 3.8) is 0 Å². The summed E-state index contributed by atoms with van der Waals surface area (Å²) in [6.45, 7) is 4.37. The molecule has 0 fully saturated rings. The molecule has 3 nitrogen and oxygen atoms in total. The van der Waals surface area contributed by atoms with Crippen LogP contribution >= 0.6 is 11.8 Å². The Morgan fingerprint density at radius 2 is 2.33 bits per heavy atom. The number of thioether (sulfide) groups is 1. The van der Waals surface area contributed by atoms with Crippen molar-refractivity contribution in [1.29, 1.82) is 5.26 Å². The van der Waals surface area contributed by atoms with Gasteiger partial charge in [0.15, 0.2) is 0 Å². The molecule has 1 heterocycles. The van der Waals surface area contributed by atoms with E-state index in [1.165, 1.54) is 0 Å². The van der Waals surface area contributed by atoms with E-state index in [4.69, 9.17) is 11.0 Å². The fraction of sp³-hybridized carbons (Fsp3) is 0.455. The van der Waals surface area contributed by atoms with Crippen LogP contribution in [0.2, 0.25) is 0 Å². The number of nitriles is 1. The van der Waals surface area contributed by atoms with Gasteiger partial charge >= 0.3 is 0 Å². The molecule has 2 N–H and O–H groups in total. The van der Waals surface area contributed by atoms with Crippen LogP contribution in [-0.2, 0) is 0 Å². The molecule has 1 rings (SSSR count).